The first kappa shape index (κ1) is 18.2. The van der Waals surface area contributed by atoms with E-state index in [9.17, 15) is 13.9 Å². The first-order valence-electron chi connectivity index (χ1n) is 7.92. The van der Waals surface area contributed by atoms with Gasteiger partial charge >= 0.3 is 0 Å². The van der Waals surface area contributed by atoms with E-state index in [1.54, 1.807) is 6.07 Å². The van der Waals surface area contributed by atoms with E-state index in [-0.39, 0.29) is 28.0 Å². The van der Waals surface area contributed by atoms with Crippen molar-refractivity contribution in [3.63, 3.8) is 0 Å². The lowest BCUT2D eigenvalue weighted by atomic mass is 9.79. The van der Waals surface area contributed by atoms with E-state index in [0.717, 1.165) is 23.8 Å². The molecule has 2 nitrogen and oxygen atoms in total. The number of hydrogen-bond acceptors (Lipinski definition) is 0. The van der Waals surface area contributed by atoms with Crippen LogP contribution in [0.5, 0.6) is 5.75 Å². The third-order valence-electron chi connectivity index (χ3n) is 3.84. The topological polar surface area (TPSA) is 34.0 Å². The van der Waals surface area contributed by atoms with Crippen LogP contribution in [0.25, 0.3) is 5.32 Å². The van der Waals surface area contributed by atoms with Gasteiger partial charge in [-0.25, -0.2) is 8.78 Å². The van der Waals surface area contributed by atoms with E-state index < -0.39 is 11.6 Å². The van der Waals surface area contributed by atoms with Gasteiger partial charge in [0.25, 0.3) is 0 Å². The summed E-state index contributed by atoms with van der Waals surface area (Å²) in [5.41, 5.74) is 1.38. The summed E-state index contributed by atoms with van der Waals surface area (Å²) < 4.78 is 26.8. The molecule has 0 aliphatic heterocycles. The van der Waals surface area contributed by atoms with E-state index in [1.165, 1.54) is 0 Å². The summed E-state index contributed by atoms with van der Waals surface area (Å²) in [4.78, 5) is 0. The van der Waals surface area contributed by atoms with Crippen LogP contribution in [0.15, 0.2) is 30.3 Å². The van der Waals surface area contributed by atoms with Crippen molar-refractivity contribution in [2.75, 3.05) is 0 Å². The molecule has 129 valence electrons. The highest BCUT2D eigenvalue weighted by atomic mass is 19.1. The fraction of sp³-hybridized carbons (Fsp3) is 0.400. The Morgan fingerprint density at radius 2 is 1.33 bits per heavy atom. The van der Waals surface area contributed by atoms with Gasteiger partial charge in [-0.2, -0.15) is 0 Å². The number of rotatable bonds is 2. The smallest absolute Gasteiger partial charge is 0.167 e. The third-order valence-corrected chi connectivity index (χ3v) is 3.84. The van der Waals surface area contributed by atoms with Gasteiger partial charge in [-0.1, -0.05) is 59.4 Å². The Morgan fingerprint density at radius 1 is 0.792 bits per heavy atom. The zero-order valence-corrected chi connectivity index (χ0v) is 15.0. The van der Waals surface area contributed by atoms with Gasteiger partial charge < -0.3 is 5.32 Å². The van der Waals surface area contributed by atoms with Gasteiger partial charge in [0.05, 0.1) is 0 Å². The molecule has 0 fully saturated rings. The molecule has 0 spiro atoms. The van der Waals surface area contributed by atoms with E-state index in [4.69, 9.17) is 0 Å². The van der Waals surface area contributed by atoms with Crippen LogP contribution in [0, 0.1) is 11.6 Å². The van der Waals surface area contributed by atoms with Crippen molar-refractivity contribution in [1.82, 2.24) is 0 Å². The molecule has 0 bridgehead atoms. The summed E-state index contributed by atoms with van der Waals surface area (Å²) >= 11 is 0. The third kappa shape index (κ3) is 4.05. The maximum absolute atomic E-state index is 13.4. The molecular weight excluding hydrogens is 308 g/mol. The molecule has 2 aromatic rings. The van der Waals surface area contributed by atoms with Crippen LogP contribution in [-0.4, -0.2) is 0 Å². The molecule has 0 aliphatic carbocycles. The lowest BCUT2D eigenvalue weighted by Gasteiger charge is -2.31. The van der Waals surface area contributed by atoms with E-state index in [1.807, 2.05) is 47.6 Å². The molecule has 0 saturated carbocycles. The minimum Gasteiger partial charge on any atom is -0.655 e. The normalized spacial score (nSPS) is 12.3. The number of benzene rings is 2. The molecule has 0 aromatic heterocycles. The highest BCUT2D eigenvalue weighted by Gasteiger charge is 2.24. The van der Waals surface area contributed by atoms with Gasteiger partial charge in [-0.05, 0) is 28.5 Å². The predicted octanol–water partition coefficient (Wildman–Crippen LogP) is 7.04. The first-order valence-corrected chi connectivity index (χ1v) is 7.92. The largest absolute Gasteiger partial charge is 0.655 e. The molecule has 2 rings (SSSR count). The van der Waals surface area contributed by atoms with Crippen LogP contribution in [0.4, 0.5) is 20.2 Å². The molecule has 4 heteroatoms. The summed E-state index contributed by atoms with van der Waals surface area (Å²) in [6.45, 7) is 12.0. The summed E-state index contributed by atoms with van der Waals surface area (Å²) in [6, 6.07) is 6.63. The summed E-state index contributed by atoms with van der Waals surface area (Å²) in [5.74, 6) is -1.64. The Labute approximate surface area is 142 Å². The molecule has 0 saturated heterocycles. The van der Waals surface area contributed by atoms with Crippen molar-refractivity contribution in [3.8, 4) is 5.75 Å². The molecule has 0 unspecified atom stereocenters. The van der Waals surface area contributed by atoms with E-state index in [0.29, 0.717) is 5.56 Å². The second-order valence-corrected chi connectivity index (χ2v) is 8.11. The minimum atomic E-state index is -0.718. The van der Waals surface area contributed by atoms with Crippen molar-refractivity contribution >= 4 is 11.4 Å². The quantitative estimate of drug-likeness (QED) is 0.565. The molecule has 2 aromatic carbocycles. The maximum atomic E-state index is 13.4. The fourth-order valence-corrected chi connectivity index (χ4v) is 2.43. The molecule has 0 N–H and O–H groups in total. The van der Waals surface area contributed by atoms with E-state index in [2.05, 4.69) is 5.32 Å². The molecule has 1 radical (unpaired) electrons. The second kappa shape index (κ2) is 6.08. The molecule has 0 amide bonds. The van der Waals surface area contributed by atoms with E-state index >= 15 is 0 Å². The lowest BCUT2D eigenvalue weighted by Crippen LogP contribution is -2.16. The standard InChI is InChI=1S/C20H23F2NO/c1-19(2,3)12-7-16(20(4,5)6)18(24)17(8-12)23-15-10-13(21)9-14(22)11-15/h7-11H,1-6H3/q-1. The summed E-state index contributed by atoms with van der Waals surface area (Å²) in [6.07, 6.45) is 0. The van der Waals surface area contributed by atoms with Gasteiger partial charge in [0, 0.05) is 11.6 Å². The van der Waals surface area contributed by atoms with Gasteiger partial charge in [-0.15, -0.1) is 5.69 Å². The van der Waals surface area contributed by atoms with Crippen molar-refractivity contribution in [1.29, 1.82) is 0 Å². The number of halogens is 2. The average Bonchev–Trinajstić information content (AvgIpc) is 2.37. The van der Waals surface area contributed by atoms with Crippen LogP contribution in [0.2, 0.25) is 0 Å². The van der Waals surface area contributed by atoms with Gasteiger partial charge in [-0.3, -0.25) is 5.11 Å². The van der Waals surface area contributed by atoms with Crippen molar-refractivity contribution < 1.29 is 13.9 Å². The SMILES string of the molecule is CC(C)(C)c1cc([N-]c2cc(F)cc(F)c2)c([O])c(C(C)(C)C)c1. The van der Waals surface area contributed by atoms with Gasteiger partial charge in [0.15, 0.2) is 5.75 Å². The van der Waals surface area contributed by atoms with Crippen LogP contribution in [0.1, 0.15) is 52.7 Å². The highest BCUT2D eigenvalue weighted by Crippen LogP contribution is 2.46. The zero-order chi connectivity index (χ0) is 18.3. The molecule has 0 atom stereocenters. The zero-order valence-electron chi connectivity index (χ0n) is 15.0. The Kier molecular flexibility index (Phi) is 4.62. The molecular formula is C20H23F2NO-. The number of nitrogens with zero attached hydrogens (tertiary/aromatic N) is 1. The Bertz CT molecular complexity index is 735. The van der Waals surface area contributed by atoms with Gasteiger partial charge in [0.1, 0.15) is 11.6 Å². The van der Waals surface area contributed by atoms with Crippen molar-refractivity contribution in [2.45, 2.75) is 52.4 Å². The Balaban J connectivity index is 2.60. The van der Waals surface area contributed by atoms with Crippen molar-refractivity contribution in [2.24, 2.45) is 0 Å². The maximum Gasteiger partial charge on any atom is 0.167 e. The average molecular weight is 331 g/mol. The lowest BCUT2D eigenvalue weighted by molar-refractivity contribution is 0.343. The van der Waals surface area contributed by atoms with Crippen LogP contribution >= 0.6 is 0 Å². The second-order valence-electron chi connectivity index (χ2n) is 8.11. The van der Waals surface area contributed by atoms with Crippen LogP contribution in [0.3, 0.4) is 0 Å². The fourth-order valence-electron chi connectivity index (χ4n) is 2.43. The van der Waals surface area contributed by atoms with Crippen LogP contribution < -0.4 is 0 Å². The minimum absolute atomic E-state index is 0.0931. The molecule has 0 aliphatic rings. The summed E-state index contributed by atoms with van der Waals surface area (Å²) in [7, 11) is 0. The monoisotopic (exact) mass is 331 g/mol. The Hall–Kier alpha value is -2.10. The van der Waals surface area contributed by atoms with Gasteiger partial charge in [0.2, 0.25) is 0 Å². The Morgan fingerprint density at radius 3 is 1.79 bits per heavy atom. The summed E-state index contributed by atoms with van der Waals surface area (Å²) in [5, 5.41) is 17.0. The number of hydrogen-bond donors (Lipinski definition) is 0. The molecule has 0 heterocycles. The first-order chi connectivity index (χ1) is 10.9. The molecule has 24 heavy (non-hydrogen) atoms. The van der Waals surface area contributed by atoms with Crippen LogP contribution in [-0.2, 0) is 15.9 Å². The highest BCUT2D eigenvalue weighted by molar-refractivity contribution is 5.74. The van der Waals surface area contributed by atoms with Crippen molar-refractivity contribution in [3.05, 3.63) is 58.4 Å². The predicted molar refractivity (Wildman–Crippen MR) is 93.0 cm³/mol.